The zero-order chi connectivity index (χ0) is 21.6. The van der Waals surface area contributed by atoms with Crippen LogP contribution in [0.3, 0.4) is 0 Å². The van der Waals surface area contributed by atoms with Gasteiger partial charge in [-0.2, -0.15) is 0 Å². The maximum atomic E-state index is 12.9. The van der Waals surface area contributed by atoms with E-state index in [2.05, 4.69) is 9.97 Å². The summed E-state index contributed by atoms with van der Waals surface area (Å²) in [5.41, 5.74) is 0.314. The lowest BCUT2D eigenvalue weighted by atomic mass is 9.81. The van der Waals surface area contributed by atoms with Gasteiger partial charge in [0.05, 0.1) is 6.42 Å². The van der Waals surface area contributed by atoms with Gasteiger partial charge in [-0.25, -0.2) is 5.01 Å². The minimum absolute atomic E-state index is 0. The molecule has 1 atom stereocenters. The van der Waals surface area contributed by atoms with Crippen molar-refractivity contribution in [2.45, 2.75) is 51.0 Å². The highest BCUT2D eigenvalue weighted by Gasteiger charge is 2.46. The summed E-state index contributed by atoms with van der Waals surface area (Å²) in [6.45, 7) is 1.76. The Morgan fingerprint density at radius 3 is 2.41 bits per heavy atom. The molecule has 3 rings (SSSR count). The highest BCUT2D eigenvalue weighted by Crippen LogP contribution is 2.39. The van der Waals surface area contributed by atoms with E-state index in [4.69, 9.17) is 0 Å². The average Bonchev–Trinajstić information content (AvgIpc) is 2.74. The van der Waals surface area contributed by atoms with E-state index in [1.54, 1.807) is 36.9 Å². The Kier molecular flexibility index (Phi) is 10.6. The van der Waals surface area contributed by atoms with Gasteiger partial charge >= 0.3 is 5.97 Å². The predicted octanol–water partition coefficient (Wildman–Crippen LogP) is 3.40. The molecule has 1 N–H and O–H groups in total. The molecule has 174 valence electrons. The van der Waals surface area contributed by atoms with Crippen LogP contribution in [0.4, 0.5) is 0 Å². The van der Waals surface area contributed by atoms with Gasteiger partial charge in [0.15, 0.2) is 0 Å². The summed E-state index contributed by atoms with van der Waals surface area (Å²) in [4.78, 5) is 45.9. The fourth-order valence-corrected chi connectivity index (χ4v) is 4.13. The molecule has 3 heterocycles. The first kappa shape index (κ1) is 27.3. The van der Waals surface area contributed by atoms with Gasteiger partial charge in [-0.05, 0) is 55.0 Å². The van der Waals surface area contributed by atoms with E-state index in [-0.39, 0.29) is 43.0 Å². The number of aryl methyl sites for hydroxylation is 1. The van der Waals surface area contributed by atoms with E-state index in [1.807, 2.05) is 12.1 Å². The molecule has 0 spiro atoms. The number of aromatic nitrogens is 2. The Morgan fingerprint density at radius 2 is 1.84 bits per heavy atom. The zero-order valence-electron chi connectivity index (χ0n) is 17.8. The van der Waals surface area contributed by atoms with Crippen LogP contribution in [0.2, 0.25) is 0 Å². The van der Waals surface area contributed by atoms with Crippen molar-refractivity contribution in [3.63, 3.8) is 0 Å². The molecule has 2 aromatic rings. The summed E-state index contributed by atoms with van der Waals surface area (Å²) < 4.78 is 0. The number of halogens is 2. The van der Waals surface area contributed by atoms with Gasteiger partial charge in [-0.3, -0.25) is 29.4 Å². The fourth-order valence-electron chi connectivity index (χ4n) is 4.13. The van der Waals surface area contributed by atoms with Crippen molar-refractivity contribution >= 4 is 42.6 Å². The van der Waals surface area contributed by atoms with Crippen LogP contribution in [0.5, 0.6) is 0 Å². The molecular weight excluding hydrogens is 455 g/mol. The second-order valence-corrected chi connectivity index (χ2v) is 7.50. The summed E-state index contributed by atoms with van der Waals surface area (Å²) in [5.74, 6) is -1.59. The van der Waals surface area contributed by atoms with Gasteiger partial charge in [0.25, 0.3) is 0 Å². The smallest absolute Gasteiger partial charge is 0.306 e. The molecule has 0 unspecified atom stereocenters. The largest absolute Gasteiger partial charge is 0.481 e. The highest BCUT2D eigenvalue weighted by atomic mass is 35.5. The molecule has 0 aliphatic carbocycles. The summed E-state index contributed by atoms with van der Waals surface area (Å²) in [6.07, 6.45) is 8.88. The third-order valence-corrected chi connectivity index (χ3v) is 5.46. The second kappa shape index (κ2) is 12.4. The van der Waals surface area contributed by atoms with Gasteiger partial charge in [-0.1, -0.05) is 6.07 Å². The number of nitrogens with zero attached hydrogens (tertiary/aromatic N) is 4. The van der Waals surface area contributed by atoms with Crippen LogP contribution in [-0.2, 0) is 26.3 Å². The SMILES string of the molecule is CC(=O)N(N1CCCCC1=O)[C@@](CCc1ccncc1)(CC(=O)O)c1cccnc1.Cl.Cl. The van der Waals surface area contributed by atoms with Crippen molar-refractivity contribution in [3.05, 3.63) is 60.2 Å². The molecular formula is C22H28Cl2N4O4. The molecule has 0 bridgehead atoms. The van der Waals surface area contributed by atoms with Crippen LogP contribution in [0.1, 0.15) is 50.2 Å². The van der Waals surface area contributed by atoms with Crippen LogP contribution in [0.15, 0.2) is 49.1 Å². The van der Waals surface area contributed by atoms with Crippen molar-refractivity contribution in [3.8, 4) is 0 Å². The van der Waals surface area contributed by atoms with Crippen LogP contribution in [-0.4, -0.2) is 49.4 Å². The van der Waals surface area contributed by atoms with Gasteiger partial charge in [0.2, 0.25) is 11.8 Å². The predicted molar refractivity (Wildman–Crippen MR) is 123 cm³/mol. The Hall–Kier alpha value is -2.71. The summed E-state index contributed by atoms with van der Waals surface area (Å²) in [7, 11) is 0. The monoisotopic (exact) mass is 482 g/mol. The summed E-state index contributed by atoms with van der Waals surface area (Å²) in [6, 6.07) is 7.21. The second-order valence-electron chi connectivity index (χ2n) is 7.50. The number of carbonyl (C=O) groups is 3. The first-order valence-electron chi connectivity index (χ1n) is 10.1. The standard InChI is InChI=1S/C22H26N4O4.2ClH/c1-17(27)26(25-14-3-2-6-20(25)28)22(15-21(29)30,19-5-4-11-24-16-19)10-7-18-8-12-23-13-9-18;;/h4-5,8-9,11-13,16H,2-3,6-7,10,14-15H2,1H3,(H,29,30);2*1H/t22-;;/m0../s1. The molecule has 1 aliphatic heterocycles. The van der Waals surface area contributed by atoms with Crippen LogP contribution < -0.4 is 0 Å². The fraction of sp³-hybridized carbons (Fsp3) is 0.409. The molecule has 0 aromatic carbocycles. The molecule has 1 aliphatic rings. The molecule has 1 fully saturated rings. The number of hydrogen-bond donors (Lipinski definition) is 1. The maximum absolute atomic E-state index is 12.9. The molecule has 0 radical (unpaired) electrons. The van der Waals surface area contributed by atoms with Crippen LogP contribution >= 0.6 is 24.8 Å². The van der Waals surface area contributed by atoms with Crippen molar-refractivity contribution in [2.24, 2.45) is 0 Å². The summed E-state index contributed by atoms with van der Waals surface area (Å²) in [5, 5.41) is 12.6. The third-order valence-electron chi connectivity index (χ3n) is 5.46. The molecule has 1 saturated heterocycles. The molecule has 32 heavy (non-hydrogen) atoms. The lowest BCUT2D eigenvalue weighted by Gasteiger charge is -2.49. The zero-order valence-corrected chi connectivity index (χ0v) is 19.5. The quantitative estimate of drug-likeness (QED) is 0.618. The van der Waals surface area contributed by atoms with Crippen LogP contribution in [0, 0.1) is 0 Å². The topological polar surface area (TPSA) is 104 Å². The number of rotatable bonds is 8. The number of pyridine rings is 2. The molecule has 2 aromatic heterocycles. The van der Waals surface area contributed by atoms with E-state index in [0.29, 0.717) is 31.4 Å². The molecule has 0 saturated carbocycles. The minimum atomic E-state index is -1.25. The summed E-state index contributed by atoms with van der Waals surface area (Å²) >= 11 is 0. The minimum Gasteiger partial charge on any atom is -0.481 e. The van der Waals surface area contributed by atoms with Gasteiger partial charge in [-0.15, -0.1) is 24.8 Å². The maximum Gasteiger partial charge on any atom is 0.306 e. The van der Waals surface area contributed by atoms with Gasteiger partial charge < -0.3 is 5.11 Å². The Bertz CT molecular complexity index is 901. The Labute approximate surface area is 199 Å². The van der Waals surface area contributed by atoms with E-state index >= 15 is 0 Å². The number of carboxylic acids is 1. The van der Waals surface area contributed by atoms with Crippen molar-refractivity contribution in [2.75, 3.05) is 6.54 Å². The number of amides is 2. The number of carboxylic acid groups (broad SMARTS) is 1. The molecule has 2 amide bonds. The van der Waals surface area contributed by atoms with E-state index in [9.17, 15) is 19.5 Å². The number of aliphatic carboxylic acids is 1. The third kappa shape index (κ3) is 6.17. The normalized spacial score (nSPS) is 15.0. The number of hydrazine groups is 1. The Balaban J connectivity index is 0.00000256. The number of hydrogen-bond acceptors (Lipinski definition) is 5. The van der Waals surface area contributed by atoms with Crippen molar-refractivity contribution in [1.29, 1.82) is 0 Å². The van der Waals surface area contributed by atoms with E-state index in [1.165, 1.54) is 16.9 Å². The van der Waals surface area contributed by atoms with E-state index in [0.717, 1.165) is 18.4 Å². The van der Waals surface area contributed by atoms with Crippen molar-refractivity contribution in [1.82, 2.24) is 20.0 Å². The highest BCUT2D eigenvalue weighted by molar-refractivity contribution is 5.85. The molecule has 8 nitrogen and oxygen atoms in total. The first-order valence-corrected chi connectivity index (χ1v) is 10.1. The first-order chi connectivity index (χ1) is 14.4. The van der Waals surface area contributed by atoms with Crippen LogP contribution in [0.25, 0.3) is 0 Å². The Morgan fingerprint density at radius 1 is 1.12 bits per heavy atom. The number of carbonyl (C=O) groups excluding carboxylic acids is 2. The lowest BCUT2D eigenvalue weighted by Crippen LogP contribution is -2.61. The van der Waals surface area contributed by atoms with Gasteiger partial charge in [0, 0.05) is 44.7 Å². The average molecular weight is 483 g/mol. The van der Waals surface area contributed by atoms with Crippen molar-refractivity contribution < 1.29 is 19.5 Å². The van der Waals surface area contributed by atoms with E-state index < -0.39 is 11.5 Å². The number of piperidine rings is 1. The lowest BCUT2D eigenvalue weighted by molar-refractivity contribution is -0.186. The molecule has 10 heteroatoms. The van der Waals surface area contributed by atoms with Gasteiger partial charge in [0.1, 0.15) is 5.54 Å².